The van der Waals surface area contributed by atoms with Crippen molar-refractivity contribution < 1.29 is 30.9 Å². The van der Waals surface area contributed by atoms with E-state index in [0.717, 1.165) is 12.1 Å². The van der Waals surface area contributed by atoms with Gasteiger partial charge in [0, 0.05) is 0 Å². The third-order valence-corrected chi connectivity index (χ3v) is 4.68. The fraction of sp³-hybridized carbons (Fsp3) is 0. The Balaban J connectivity index is 2.20. The minimum Gasteiger partial charge on any atom is -0.282 e. The van der Waals surface area contributed by atoms with Gasteiger partial charge < -0.3 is 0 Å². The zero-order chi connectivity index (χ0) is 17.1. The molecule has 0 spiro atoms. The smallest absolute Gasteiger partial charge is 0.282 e. The van der Waals surface area contributed by atoms with Crippen molar-refractivity contribution in [2.45, 2.75) is 9.79 Å². The number of para-hydroxylation sites is 1. The second-order valence-corrected chi connectivity index (χ2v) is 7.13. The second-order valence-electron chi connectivity index (χ2n) is 4.20. The number of hydrazine groups is 1. The lowest BCUT2D eigenvalue weighted by Gasteiger charge is -2.18. The number of nitrogens with zero attached hydrogens (tertiary/aromatic N) is 1. The quantitative estimate of drug-likeness (QED) is 0.508. The van der Waals surface area contributed by atoms with Crippen LogP contribution in [0.2, 0.25) is 0 Å². The zero-order valence-electron chi connectivity index (χ0n) is 11.4. The number of anilines is 1. The van der Waals surface area contributed by atoms with Crippen molar-refractivity contribution in [2.24, 2.45) is 0 Å². The van der Waals surface area contributed by atoms with E-state index >= 15 is 0 Å². The molecule has 2 aromatic carbocycles. The van der Waals surface area contributed by atoms with Crippen molar-refractivity contribution in [3.8, 4) is 0 Å². The first-order valence-corrected chi connectivity index (χ1v) is 8.86. The first-order chi connectivity index (χ1) is 10.7. The van der Waals surface area contributed by atoms with Crippen LogP contribution in [-0.4, -0.2) is 26.6 Å². The van der Waals surface area contributed by atoms with E-state index in [1.54, 1.807) is 11.7 Å². The highest BCUT2D eigenvalue weighted by Gasteiger charge is 2.21. The van der Waals surface area contributed by atoms with Crippen LogP contribution in [0.3, 0.4) is 0 Å². The van der Waals surface area contributed by atoms with Gasteiger partial charge in [-0.05, 0) is 24.3 Å². The molecule has 0 aromatic heterocycles. The summed E-state index contributed by atoms with van der Waals surface area (Å²) in [5, 5.41) is 9.75. The summed E-state index contributed by atoms with van der Waals surface area (Å²) in [6, 6.07) is 11.9. The van der Waals surface area contributed by atoms with Gasteiger partial charge in [0.1, 0.15) is 10.6 Å². The summed E-state index contributed by atoms with van der Waals surface area (Å²) < 4.78 is 59.6. The number of benzene rings is 2. The van der Waals surface area contributed by atoms with Crippen LogP contribution in [0, 0.1) is 0 Å². The molecule has 11 heteroatoms. The molecule has 0 heterocycles. The van der Waals surface area contributed by atoms with E-state index in [2.05, 4.69) is 4.28 Å². The van der Waals surface area contributed by atoms with Gasteiger partial charge in [0.25, 0.3) is 10.1 Å². The van der Waals surface area contributed by atoms with Crippen molar-refractivity contribution >= 4 is 25.9 Å². The van der Waals surface area contributed by atoms with E-state index in [1.807, 2.05) is 0 Å². The predicted octanol–water partition coefficient (Wildman–Crippen LogP) is 0.954. The van der Waals surface area contributed by atoms with Crippen LogP contribution in [0.25, 0.3) is 0 Å². The van der Waals surface area contributed by atoms with E-state index in [-0.39, 0.29) is 10.1 Å². The molecule has 0 bridgehead atoms. The average Bonchev–Trinajstić information content (AvgIpc) is 2.53. The maximum atomic E-state index is 11.9. The summed E-state index contributed by atoms with van der Waals surface area (Å²) in [4.78, 5) is -0.820. The topological polar surface area (TPSA) is 133 Å². The maximum Gasteiger partial charge on any atom is 0.314 e. The fourth-order valence-corrected chi connectivity index (χ4v) is 3.04. The Morgan fingerprint density at radius 1 is 0.913 bits per heavy atom. The molecule has 2 aromatic rings. The highest BCUT2D eigenvalue weighted by Crippen LogP contribution is 2.22. The molecule has 3 N–H and O–H groups in total. The summed E-state index contributed by atoms with van der Waals surface area (Å²) in [7, 11) is -8.87. The van der Waals surface area contributed by atoms with E-state index in [9.17, 15) is 22.0 Å². The summed E-state index contributed by atoms with van der Waals surface area (Å²) in [5.74, 6) is 0. The summed E-state index contributed by atoms with van der Waals surface area (Å²) >= 11 is 0. The fourth-order valence-electron chi connectivity index (χ4n) is 1.62. The van der Waals surface area contributed by atoms with Crippen LogP contribution >= 0.6 is 0 Å². The number of rotatable bonds is 6. The van der Waals surface area contributed by atoms with Crippen LogP contribution < -0.4 is 10.8 Å². The van der Waals surface area contributed by atoms with Gasteiger partial charge in [0.15, 0.2) is 0 Å². The van der Waals surface area contributed by atoms with Crippen LogP contribution in [0.5, 0.6) is 0 Å². The molecule has 9 nitrogen and oxygen atoms in total. The van der Waals surface area contributed by atoms with Gasteiger partial charge in [0.05, 0.1) is 4.90 Å². The van der Waals surface area contributed by atoms with Gasteiger partial charge in [0.2, 0.25) is 0 Å². The van der Waals surface area contributed by atoms with Gasteiger partial charge in [-0.1, -0.05) is 35.9 Å². The Kier molecular flexibility index (Phi) is 4.99. The first kappa shape index (κ1) is 17.3. The van der Waals surface area contributed by atoms with Crippen molar-refractivity contribution in [3.05, 3.63) is 54.6 Å². The predicted molar refractivity (Wildman–Crippen MR) is 78.4 cm³/mol. The molecule has 0 radical (unpaired) electrons. The van der Waals surface area contributed by atoms with Crippen molar-refractivity contribution in [2.75, 3.05) is 5.17 Å². The number of hydrogen-bond acceptors (Lipinski definition) is 8. The molecule has 0 unspecified atom stereocenters. The Morgan fingerprint density at radius 2 is 1.48 bits per heavy atom. The van der Waals surface area contributed by atoms with Gasteiger partial charge >= 0.3 is 10.1 Å². The van der Waals surface area contributed by atoms with Gasteiger partial charge in [-0.3, -0.25) is 9.76 Å². The third kappa shape index (κ3) is 4.25. The van der Waals surface area contributed by atoms with E-state index in [0.29, 0.717) is 0 Å². The van der Waals surface area contributed by atoms with Crippen LogP contribution in [-0.2, 0) is 24.5 Å². The van der Waals surface area contributed by atoms with Crippen LogP contribution in [0.15, 0.2) is 64.4 Å². The molecule has 0 amide bonds. The molecule has 0 atom stereocenters. The summed E-state index contributed by atoms with van der Waals surface area (Å²) in [5.41, 5.74) is 1.24. The molecule has 2 rings (SSSR count). The lowest BCUT2D eigenvalue weighted by Crippen LogP contribution is -2.37. The van der Waals surface area contributed by atoms with Gasteiger partial charge in [-0.15, -0.1) is 0 Å². The van der Waals surface area contributed by atoms with Crippen molar-refractivity contribution in [1.29, 1.82) is 0 Å². The maximum absolute atomic E-state index is 11.9. The molecular weight excluding hydrogens is 348 g/mol. The van der Waals surface area contributed by atoms with E-state index < -0.39 is 30.8 Å². The lowest BCUT2D eigenvalue weighted by atomic mass is 10.3. The number of hydrogen-bond donors (Lipinski definition) is 3. The van der Waals surface area contributed by atoms with Crippen molar-refractivity contribution in [1.82, 2.24) is 5.59 Å². The van der Waals surface area contributed by atoms with Gasteiger partial charge in [-0.25, -0.2) is 0 Å². The molecule has 0 aliphatic rings. The highest BCUT2D eigenvalue weighted by atomic mass is 32.2. The molecule has 124 valence electrons. The first-order valence-electron chi connectivity index (χ1n) is 6.01. The van der Waals surface area contributed by atoms with Crippen molar-refractivity contribution in [3.63, 3.8) is 0 Å². The largest absolute Gasteiger partial charge is 0.314 e. The Hall–Kier alpha value is -2.02. The molecular formula is C12H12N2O7S2. The average molecular weight is 360 g/mol. The Morgan fingerprint density at radius 3 is 2.09 bits per heavy atom. The van der Waals surface area contributed by atoms with Crippen LogP contribution in [0.1, 0.15) is 0 Å². The van der Waals surface area contributed by atoms with Gasteiger partial charge in [-0.2, -0.15) is 26.3 Å². The second kappa shape index (κ2) is 6.62. The lowest BCUT2D eigenvalue weighted by molar-refractivity contribution is 0.0741. The molecule has 0 aliphatic heterocycles. The standard InChI is InChI=1S/C12H12N2O7S2/c15-14(11-8-4-5-9-12(11)22(16,17)18)13-21-23(19,20)10-6-2-1-3-7-10/h1-9,13,15H,(H,16,17,18). The third-order valence-electron chi connectivity index (χ3n) is 2.64. The van der Waals surface area contributed by atoms with Crippen LogP contribution in [0.4, 0.5) is 5.69 Å². The Bertz CT molecular complexity index is 883. The minimum absolute atomic E-state index is 0.0175. The van der Waals surface area contributed by atoms with E-state index in [1.165, 1.54) is 36.4 Å². The molecule has 0 saturated carbocycles. The molecule has 0 saturated heterocycles. The normalized spacial score (nSPS) is 12.1. The molecule has 23 heavy (non-hydrogen) atoms. The SMILES string of the molecule is O=S(=O)(O)c1ccccc1N(O)NOS(=O)(=O)c1ccccc1. The Labute approximate surface area is 132 Å². The van der Waals surface area contributed by atoms with E-state index in [4.69, 9.17) is 4.55 Å². The monoisotopic (exact) mass is 360 g/mol. The zero-order valence-corrected chi connectivity index (χ0v) is 13.0. The minimum atomic E-state index is -4.63. The summed E-state index contributed by atoms with van der Waals surface area (Å²) in [6.45, 7) is 0. The highest BCUT2D eigenvalue weighted by molar-refractivity contribution is 7.86. The number of nitrogens with one attached hydrogen (secondary N) is 1. The molecule has 0 fully saturated rings. The summed E-state index contributed by atoms with van der Waals surface area (Å²) in [6.07, 6.45) is 0. The molecule has 0 aliphatic carbocycles.